The van der Waals surface area contributed by atoms with Gasteiger partial charge >= 0.3 is 0 Å². The zero-order valence-corrected chi connectivity index (χ0v) is 28.0. The Morgan fingerprint density at radius 2 is 0.848 bits per heavy atom. The third kappa shape index (κ3) is 7.68. The minimum Gasteiger partial charge on any atom is -0.295 e. The Labute approximate surface area is 276 Å². The summed E-state index contributed by atoms with van der Waals surface area (Å²) >= 11 is 0. The lowest BCUT2D eigenvalue weighted by molar-refractivity contribution is 0.253. The third-order valence-electron chi connectivity index (χ3n) is 9.97. The Bertz CT molecular complexity index is 1690. The van der Waals surface area contributed by atoms with Crippen LogP contribution in [0.2, 0.25) is 0 Å². The van der Waals surface area contributed by atoms with E-state index in [9.17, 15) is 0 Å². The van der Waals surface area contributed by atoms with Crippen LogP contribution in [0.4, 0.5) is 0 Å². The molecule has 0 spiro atoms. The van der Waals surface area contributed by atoms with Crippen molar-refractivity contribution in [2.24, 2.45) is 4.99 Å². The van der Waals surface area contributed by atoms with Crippen molar-refractivity contribution < 1.29 is 0 Å². The van der Waals surface area contributed by atoms with Crippen molar-refractivity contribution in [1.29, 1.82) is 0 Å². The highest BCUT2D eigenvalue weighted by molar-refractivity contribution is 6.03. The van der Waals surface area contributed by atoms with Crippen LogP contribution in [0.15, 0.2) is 114 Å². The van der Waals surface area contributed by atoms with E-state index in [0.29, 0.717) is 0 Å². The van der Waals surface area contributed by atoms with Crippen molar-refractivity contribution in [2.75, 3.05) is 6.54 Å². The van der Waals surface area contributed by atoms with Gasteiger partial charge in [0.15, 0.2) is 0 Å². The van der Waals surface area contributed by atoms with Gasteiger partial charge in [-0.05, 0) is 106 Å². The van der Waals surface area contributed by atoms with Crippen molar-refractivity contribution in [1.82, 2.24) is 4.90 Å². The van der Waals surface area contributed by atoms with E-state index in [1.165, 1.54) is 106 Å². The predicted octanol–water partition coefficient (Wildman–Crippen LogP) is 12.3. The van der Waals surface area contributed by atoms with E-state index in [-0.39, 0.29) is 5.54 Å². The first-order valence-electron chi connectivity index (χ1n) is 17.5. The molecular formula is C44H50N2. The molecule has 2 nitrogen and oxygen atoms in total. The standard InChI is InChI=1S/C44H50N2/c1-44(2,45-3)28-18-8-6-4-5-7-9-19-29-46(32-42-38-24-14-10-20-34(38)30-35-21-11-15-25-39(35)42)33-43-40-26-16-12-22-36(40)31-37-23-13-17-27-41(37)43/h10-17,20-27,30-31H,3-9,18-19,28-29,32-33H2,1-2H3. The first kappa shape index (κ1) is 32.0. The molecule has 6 rings (SSSR count). The van der Waals surface area contributed by atoms with Crippen LogP contribution in [-0.4, -0.2) is 23.7 Å². The zero-order chi connectivity index (χ0) is 31.8. The van der Waals surface area contributed by atoms with Crippen molar-refractivity contribution in [2.45, 2.75) is 90.3 Å². The number of fused-ring (bicyclic) bond motifs is 4. The fourth-order valence-electron chi connectivity index (χ4n) is 7.25. The number of hydrogen-bond donors (Lipinski definition) is 0. The van der Waals surface area contributed by atoms with Gasteiger partial charge in [0.25, 0.3) is 0 Å². The summed E-state index contributed by atoms with van der Waals surface area (Å²) in [6, 6.07) is 40.5. The van der Waals surface area contributed by atoms with Gasteiger partial charge < -0.3 is 0 Å². The second kappa shape index (κ2) is 15.1. The number of unbranched alkanes of at least 4 members (excludes halogenated alkanes) is 7. The molecule has 0 saturated carbocycles. The third-order valence-corrected chi connectivity index (χ3v) is 9.97. The van der Waals surface area contributed by atoms with E-state index in [4.69, 9.17) is 0 Å². The summed E-state index contributed by atoms with van der Waals surface area (Å²) in [6.45, 7) is 11.1. The van der Waals surface area contributed by atoms with E-state index in [1.54, 1.807) is 0 Å². The fourth-order valence-corrected chi connectivity index (χ4v) is 7.25. The quantitative estimate of drug-likeness (QED) is 0.0608. The van der Waals surface area contributed by atoms with Crippen LogP contribution in [0.5, 0.6) is 0 Å². The molecule has 0 atom stereocenters. The van der Waals surface area contributed by atoms with E-state index in [0.717, 1.165) is 26.1 Å². The summed E-state index contributed by atoms with van der Waals surface area (Å²) in [7, 11) is 0. The molecule has 0 fully saturated rings. The molecule has 6 aromatic carbocycles. The Morgan fingerprint density at radius 3 is 1.24 bits per heavy atom. The second-order valence-corrected chi connectivity index (χ2v) is 13.9. The molecule has 0 amide bonds. The molecule has 0 aliphatic heterocycles. The number of benzene rings is 6. The van der Waals surface area contributed by atoms with Crippen LogP contribution in [0, 0.1) is 0 Å². The average Bonchev–Trinajstić information content (AvgIpc) is 3.08. The molecule has 0 unspecified atom stereocenters. The van der Waals surface area contributed by atoms with Gasteiger partial charge in [-0.15, -0.1) is 0 Å². The molecule has 0 heterocycles. The van der Waals surface area contributed by atoms with Crippen LogP contribution < -0.4 is 0 Å². The van der Waals surface area contributed by atoms with Gasteiger partial charge in [-0.25, -0.2) is 0 Å². The summed E-state index contributed by atoms with van der Waals surface area (Å²) in [5.74, 6) is 0. The maximum absolute atomic E-state index is 4.26. The predicted molar refractivity (Wildman–Crippen MR) is 202 cm³/mol. The van der Waals surface area contributed by atoms with Crippen LogP contribution in [-0.2, 0) is 13.1 Å². The maximum atomic E-state index is 4.26. The van der Waals surface area contributed by atoms with E-state index < -0.39 is 0 Å². The van der Waals surface area contributed by atoms with Crippen molar-refractivity contribution >= 4 is 49.8 Å². The molecule has 0 saturated heterocycles. The van der Waals surface area contributed by atoms with Gasteiger partial charge in [-0.2, -0.15) is 0 Å². The molecular weight excluding hydrogens is 556 g/mol. The number of aliphatic imine (C=N–C) groups is 1. The molecule has 0 N–H and O–H groups in total. The molecule has 0 bridgehead atoms. The molecule has 0 aliphatic carbocycles. The molecule has 0 aliphatic rings. The first-order chi connectivity index (χ1) is 22.5. The summed E-state index contributed by atoms with van der Waals surface area (Å²) in [5.41, 5.74) is 2.93. The molecule has 2 heteroatoms. The zero-order valence-electron chi connectivity index (χ0n) is 28.0. The van der Waals surface area contributed by atoms with Crippen molar-refractivity contribution in [3.05, 3.63) is 120 Å². The summed E-state index contributed by atoms with van der Waals surface area (Å²) in [5, 5.41) is 10.8. The van der Waals surface area contributed by atoms with Crippen LogP contribution in [0.25, 0.3) is 43.1 Å². The maximum Gasteiger partial charge on any atom is 0.0545 e. The van der Waals surface area contributed by atoms with Gasteiger partial charge in [-0.1, -0.05) is 142 Å². The van der Waals surface area contributed by atoms with Crippen molar-refractivity contribution in [3.63, 3.8) is 0 Å². The summed E-state index contributed by atoms with van der Waals surface area (Å²) in [6.07, 6.45) is 11.6. The summed E-state index contributed by atoms with van der Waals surface area (Å²) in [4.78, 5) is 6.99. The van der Waals surface area contributed by atoms with Crippen LogP contribution >= 0.6 is 0 Å². The normalized spacial score (nSPS) is 12.2. The Balaban J connectivity index is 1.21. The number of rotatable bonds is 16. The van der Waals surface area contributed by atoms with E-state index >= 15 is 0 Å². The lowest BCUT2D eigenvalue weighted by atomic mass is 9.94. The smallest absolute Gasteiger partial charge is 0.0545 e. The topological polar surface area (TPSA) is 15.6 Å². The molecule has 6 aromatic rings. The minimum atomic E-state index is 0.0303. The molecule has 236 valence electrons. The largest absolute Gasteiger partial charge is 0.295 e. The van der Waals surface area contributed by atoms with Gasteiger partial charge in [0.1, 0.15) is 0 Å². The number of hydrogen-bond acceptors (Lipinski definition) is 2. The second-order valence-electron chi connectivity index (χ2n) is 13.9. The van der Waals surface area contributed by atoms with E-state index in [2.05, 4.69) is 140 Å². The Kier molecular flexibility index (Phi) is 10.5. The summed E-state index contributed by atoms with van der Waals surface area (Å²) < 4.78 is 0. The highest BCUT2D eigenvalue weighted by Gasteiger charge is 2.17. The monoisotopic (exact) mass is 606 g/mol. The molecule has 0 aromatic heterocycles. The minimum absolute atomic E-state index is 0.0303. The van der Waals surface area contributed by atoms with E-state index in [1.807, 2.05) is 0 Å². The lowest BCUT2D eigenvalue weighted by Crippen LogP contribution is -2.24. The Morgan fingerprint density at radius 1 is 0.500 bits per heavy atom. The van der Waals surface area contributed by atoms with Crippen molar-refractivity contribution in [3.8, 4) is 0 Å². The Hall–Kier alpha value is -4.01. The van der Waals surface area contributed by atoms with Gasteiger partial charge in [-0.3, -0.25) is 9.89 Å². The fraction of sp³-hybridized carbons (Fsp3) is 0.341. The van der Waals surface area contributed by atoms with Gasteiger partial charge in [0, 0.05) is 13.1 Å². The van der Waals surface area contributed by atoms with Gasteiger partial charge in [0.05, 0.1) is 5.54 Å². The SMILES string of the molecule is C=NC(C)(C)CCCCCCCCCCN(Cc1c2ccccc2cc2ccccc12)Cc1c2ccccc2cc2ccccc12. The average molecular weight is 607 g/mol. The highest BCUT2D eigenvalue weighted by Crippen LogP contribution is 2.33. The lowest BCUT2D eigenvalue weighted by Gasteiger charge is -2.26. The highest BCUT2D eigenvalue weighted by atomic mass is 15.1. The first-order valence-corrected chi connectivity index (χ1v) is 17.5. The van der Waals surface area contributed by atoms with Crippen LogP contribution in [0.1, 0.15) is 82.8 Å². The van der Waals surface area contributed by atoms with Crippen LogP contribution in [0.3, 0.4) is 0 Å². The molecule has 0 radical (unpaired) electrons. The van der Waals surface area contributed by atoms with Gasteiger partial charge in [0.2, 0.25) is 0 Å². The number of nitrogens with zero attached hydrogens (tertiary/aromatic N) is 2. The molecule has 46 heavy (non-hydrogen) atoms.